The molecule has 7 heteroatoms. The zero-order chi connectivity index (χ0) is 17.3. The van der Waals surface area contributed by atoms with E-state index in [0.717, 1.165) is 19.3 Å². The average Bonchev–Trinajstić information content (AvgIpc) is 2.43. The van der Waals surface area contributed by atoms with E-state index < -0.39 is 26.7 Å². The van der Waals surface area contributed by atoms with Crippen molar-refractivity contribution in [3.05, 3.63) is 0 Å². The first-order valence-corrected chi connectivity index (χ1v) is 10.0. The summed E-state index contributed by atoms with van der Waals surface area (Å²) in [5.74, 6) is -0.495. The summed E-state index contributed by atoms with van der Waals surface area (Å²) in [6.45, 7) is 5.61. The lowest BCUT2D eigenvalue weighted by atomic mass is 9.93. The van der Waals surface area contributed by atoms with Gasteiger partial charge in [0.25, 0.3) is 0 Å². The smallest absolute Gasteiger partial charge is 0.306 e. The third kappa shape index (κ3) is 4.68. The monoisotopic (exact) mass is 345 g/mol. The van der Waals surface area contributed by atoms with Gasteiger partial charge in [0, 0.05) is 19.0 Å². The van der Waals surface area contributed by atoms with Crippen LogP contribution in [-0.2, 0) is 24.2 Å². The van der Waals surface area contributed by atoms with Crippen LogP contribution >= 0.6 is 0 Å². The molecule has 1 aliphatic carbocycles. The minimum absolute atomic E-state index is 0.0341. The Morgan fingerprint density at radius 1 is 1.13 bits per heavy atom. The van der Waals surface area contributed by atoms with E-state index in [1.54, 1.807) is 25.7 Å². The average molecular weight is 345 g/mol. The summed E-state index contributed by atoms with van der Waals surface area (Å²) in [6, 6.07) is -0.214. The zero-order valence-electron chi connectivity index (χ0n) is 14.2. The molecule has 0 bridgehead atoms. The van der Waals surface area contributed by atoms with Crippen molar-refractivity contribution >= 4 is 21.7 Å². The molecule has 1 heterocycles. The van der Waals surface area contributed by atoms with Crippen LogP contribution in [0.4, 0.5) is 0 Å². The maximum atomic E-state index is 12.5. The Kier molecular flexibility index (Phi) is 5.38. The maximum absolute atomic E-state index is 12.5. The second kappa shape index (κ2) is 6.79. The van der Waals surface area contributed by atoms with Crippen LogP contribution in [0.15, 0.2) is 0 Å². The molecular weight excluding hydrogens is 318 g/mol. The molecule has 2 aliphatic rings. The predicted octanol–water partition coefficient (Wildman–Crippen LogP) is 1.68. The van der Waals surface area contributed by atoms with Crippen molar-refractivity contribution in [3.63, 3.8) is 0 Å². The minimum atomic E-state index is -3.09. The number of nitrogens with zero attached hydrogens (tertiary/aromatic N) is 1. The summed E-state index contributed by atoms with van der Waals surface area (Å²) in [5.41, 5.74) is -0.562. The Balaban J connectivity index is 1.95. The number of sulfone groups is 1. The van der Waals surface area contributed by atoms with Crippen LogP contribution in [0.5, 0.6) is 0 Å². The van der Waals surface area contributed by atoms with Gasteiger partial charge in [0.15, 0.2) is 9.84 Å². The third-order valence-electron chi connectivity index (χ3n) is 4.43. The van der Waals surface area contributed by atoms with E-state index in [1.165, 1.54) is 0 Å². The number of rotatable bonds is 3. The van der Waals surface area contributed by atoms with E-state index in [2.05, 4.69) is 0 Å². The molecular formula is C16H27NO5S. The highest BCUT2D eigenvalue weighted by atomic mass is 32.2. The van der Waals surface area contributed by atoms with Gasteiger partial charge in [-0.1, -0.05) is 12.8 Å². The molecule has 2 fully saturated rings. The zero-order valence-corrected chi connectivity index (χ0v) is 15.0. The largest absolute Gasteiger partial charge is 0.460 e. The Hall–Kier alpha value is -1.11. The Bertz CT molecular complexity index is 564. The van der Waals surface area contributed by atoms with Gasteiger partial charge >= 0.3 is 5.97 Å². The van der Waals surface area contributed by atoms with E-state index in [-0.39, 0.29) is 37.1 Å². The third-order valence-corrected chi connectivity index (χ3v) is 6.65. The Morgan fingerprint density at radius 2 is 1.78 bits per heavy atom. The lowest BCUT2D eigenvalue weighted by molar-refractivity contribution is -0.156. The van der Waals surface area contributed by atoms with Crippen LogP contribution < -0.4 is 0 Å². The van der Waals surface area contributed by atoms with E-state index in [0.29, 0.717) is 6.42 Å². The van der Waals surface area contributed by atoms with Gasteiger partial charge in [-0.2, -0.15) is 0 Å². The highest BCUT2D eigenvalue weighted by Crippen LogP contribution is 2.32. The number of carbonyl (C=O) groups is 2. The van der Waals surface area contributed by atoms with Crippen molar-refractivity contribution in [2.75, 3.05) is 12.3 Å². The molecule has 0 unspecified atom stereocenters. The fourth-order valence-electron chi connectivity index (χ4n) is 3.45. The van der Waals surface area contributed by atoms with Gasteiger partial charge in [-0.3, -0.25) is 9.59 Å². The highest BCUT2D eigenvalue weighted by Gasteiger charge is 2.44. The first-order valence-electron chi connectivity index (χ1n) is 8.33. The molecule has 1 amide bonds. The van der Waals surface area contributed by atoms with Crippen LogP contribution in [0, 0.1) is 0 Å². The van der Waals surface area contributed by atoms with Crippen molar-refractivity contribution in [2.24, 2.45) is 0 Å². The van der Waals surface area contributed by atoms with Gasteiger partial charge in [-0.25, -0.2) is 8.42 Å². The van der Waals surface area contributed by atoms with Gasteiger partial charge < -0.3 is 9.64 Å². The van der Waals surface area contributed by atoms with E-state index in [4.69, 9.17) is 4.74 Å². The molecule has 2 atom stereocenters. The lowest BCUT2D eigenvalue weighted by Gasteiger charge is -2.43. The highest BCUT2D eigenvalue weighted by molar-refractivity contribution is 7.92. The van der Waals surface area contributed by atoms with Crippen molar-refractivity contribution in [2.45, 2.75) is 76.2 Å². The molecule has 1 saturated carbocycles. The molecule has 132 valence electrons. The Morgan fingerprint density at radius 3 is 2.43 bits per heavy atom. The van der Waals surface area contributed by atoms with Crippen molar-refractivity contribution in [1.82, 2.24) is 4.90 Å². The van der Waals surface area contributed by atoms with Gasteiger partial charge in [0.1, 0.15) is 5.60 Å². The lowest BCUT2D eigenvalue weighted by Crippen LogP contribution is -2.57. The first kappa shape index (κ1) is 18.2. The van der Waals surface area contributed by atoms with Gasteiger partial charge in [-0.05, 0) is 33.6 Å². The first-order chi connectivity index (χ1) is 10.6. The van der Waals surface area contributed by atoms with Gasteiger partial charge in [0.05, 0.1) is 17.4 Å². The number of hydrogen-bond acceptors (Lipinski definition) is 5. The van der Waals surface area contributed by atoms with Crippen molar-refractivity contribution in [1.29, 1.82) is 0 Å². The number of amides is 1. The van der Waals surface area contributed by atoms with Gasteiger partial charge in [-0.15, -0.1) is 0 Å². The van der Waals surface area contributed by atoms with Crippen molar-refractivity contribution in [3.8, 4) is 0 Å². The summed E-state index contributed by atoms with van der Waals surface area (Å²) in [7, 11) is -3.09. The molecule has 6 nitrogen and oxygen atoms in total. The van der Waals surface area contributed by atoms with Gasteiger partial charge in [0.2, 0.25) is 5.91 Å². The second-order valence-corrected chi connectivity index (χ2v) is 9.77. The summed E-state index contributed by atoms with van der Waals surface area (Å²) < 4.78 is 29.6. The molecule has 1 aliphatic heterocycles. The minimum Gasteiger partial charge on any atom is -0.460 e. The molecule has 0 aromatic heterocycles. The topological polar surface area (TPSA) is 80.8 Å². The molecule has 23 heavy (non-hydrogen) atoms. The van der Waals surface area contributed by atoms with E-state index in [1.807, 2.05) is 0 Å². The summed E-state index contributed by atoms with van der Waals surface area (Å²) in [6.07, 6.45) is 3.35. The summed E-state index contributed by atoms with van der Waals surface area (Å²) in [4.78, 5) is 25.9. The number of carbonyl (C=O) groups excluding carboxylic acids is 2. The fourth-order valence-corrected chi connectivity index (χ4v) is 5.49. The van der Waals surface area contributed by atoms with Crippen LogP contribution in [0.25, 0.3) is 0 Å². The van der Waals surface area contributed by atoms with Crippen LogP contribution in [0.1, 0.15) is 59.3 Å². The quantitative estimate of drug-likeness (QED) is 0.727. The van der Waals surface area contributed by atoms with E-state index >= 15 is 0 Å². The fraction of sp³-hybridized carbons (Fsp3) is 0.875. The van der Waals surface area contributed by atoms with Crippen LogP contribution in [0.2, 0.25) is 0 Å². The number of ether oxygens (including phenoxy) is 1. The SMILES string of the molecule is CC(C)(C)OC(=O)CCC(=O)N1CCS(=O)(=O)[C@@H]2CCCC[C@@H]21. The molecule has 0 aromatic rings. The standard InChI is InChI=1S/C16H27NO5S/c1-16(2,3)22-15(19)9-8-14(18)17-10-11-23(20,21)13-7-5-4-6-12(13)17/h12-13H,4-11H2,1-3H3/t12-,13+/m0/s1. The molecule has 1 saturated heterocycles. The number of hydrogen-bond donors (Lipinski definition) is 0. The molecule has 0 radical (unpaired) electrons. The second-order valence-electron chi connectivity index (χ2n) is 7.43. The normalized spacial score (nSPS) is 27.2. The molecule has 0 spiro atoms. The predicted molar refractivity (Wildman–Crippen MR) is 86.6 cm³/mol. The van der Waals surface area contributed by atoms with E-state index in [9.17, 15) is 18.0 Å². The number of fused-ring (bicyclic) bond motifs is 1. The summed E-state index contributed by atoms with van der Waals surface area (Å²) >= 11 is 0. The maximum Gasteiger partial charge on any atom is 0.306 e. The van der Waals surface area contributed by atoms with Crippen molar-refractivity contribution < 1.29 is 22.7 Å². The van der Waals surface area contributed by atoms with Crippen LogP contribution in [0.3, 0.4) is 0 Å². The molecule has 0 aromatic carbocycles. The number of esters is 1. The Labute approximate surface area is 138 Å². The van der Waals surface area contributed by atoms with Crippen LogP contribution in [-0.4, -0.2) is 54.4 Å². The molecule has 2 rings (SSSR count). The summed E-state index contributed by atoms with van der Waals surface area (Å²) in [5, 5.41) is -0.421. The molecule has 0 N–H and O–H groups in total.